The normalized spacial score (nSPS) is 17.4. The van der Waals surface area contributed by atoms with Crippen molar-refractivity contribution in [1.29, 1.82) is 0 Å². The molecule has 1 aliphatic heterocycles. The second kappa shape index (κ2) is 9.02. The molecular weight excluding hydrogens is 460 g/mol. The van der Waals surface area contributed by atoms with E-state index in [1.165, 1.54) is 24.3 Å². The van der Waals surface area contributed by atoms with Gasteiger partial charge >= 0.3 is 5.91 Å². The predicted molar refractivity (Wildman–Crippen MR) is 125 cm³/mol. The van der Waals surface area contributed by atoms with Crippen molar-refractivity contribution in [2.75, 3.05) is 4.90 Å². The van der Waals surface area contributed by atoms with Crippen molar-refractivity contribution < 1.29 is 24.4 Å². The van der Waals surface area contributed by atoms with Gasteiger partial charge in [0.2, 0.25) is 5.13 Å². The molecule has 1 atom stereocenters. The highest BCUT2D eigenvalue weighted by atomic mass is 32.1. The van der Waals surface area contributed by atoms with E-state index in [1.807, 2.05) is 13.8 Å². The molecule has 1 N–H and O–H groups in total. The Labute approximate surface area is 198 Å². The van der Waals surface area contributed by atoms with Gasteiger partial charge in [-0.15, -0.1) is 10.2 Å². The number of Topliss-reactive ketones (excluding diaryl/α,β-unsaturated/α-hetero) is 1. The van der Waals surface area contributed by atoms with Gasteiger partial charge in [-0.25, -0.2) is 0 Å². The number of anilines is 1. The van der Waals surface area contributed by atoms with E-state index in [2.05, 4.69) is 10.2 Å². The maximum Gasteiger partial charge on any atom is 0.301 e. The summed E-state index contributed by atoms with van der Waals surface area (Å²) in [5, 5.41) is 30.9. The summed E-state index contributed by atoms with van der Waals surface area (Å²) in [4.78, 5) is 37.8. The van der Waals surface area contributed by atoms with E-state index in [-0.39, 0.29) is 28.3 Å². The van der Waals surface area contributed by atoms with Crippen LogP contribution in [0, 0.1) is 17.0 Å². The molecule has 174 valence electrons. The van der Waals surface area contributed by atoms with Crippen molar-refractivity contribution in [3.8, 4) is 5.75 Å². The van der Waals surface area contributed by atoms with Gasteiger partial charge in [0.25, 0.3) is 11.5 Å². The Kier molecular flexibility index (Phi) is 6.12. The zero-order valence-corrected chi connectivity index (χ0v) is 19.3. The van der Waals surface area contributed by atoms with Crippen LogP contribution in [0.3, 0.4) is 0 Å². The lowest BCUT2D eigenvalue weighted by Gasteiger charge is -2.22. The zero-order chi connectivity index (χ0) is 24.6. The van der Waals surface area contributed by atoms with Gasteiger partial charge < -0.3 is 9.84 Å². The molecule has 3 aromatic rings. The van der Waals surface area contributed by atoms with Gasteiger partial charge in [0.1, 0.15) is 16.5 Å². The number of hydrogen-bond acceptors (Lipinski definition) is 9. The Hall–Kier alpha value is -4.12. The topological polar surface area (TPSA) is 136 Å². The number of carbonyl (C=O) groups is 2. The number of aromatic nitrogens is 2. The molecule has 0 spiro atoms. The van der Waals surface area contributed by atoms with Crippen molar-refractivity contribution >= 4 is 39.6 Å². The third-order valence-corrected chi connectivity index (χ3v) is 5.92. The fraction of sp³-hybridized carbons (Fsp3) is 0.217. The highest BCUT2D eigenvalue weighted by Crippen LogP contribution is 2.43. The van der Waals surface area contributed by atoms with E-state index in [4.69, 9.17) is 4.74 Å². The van der Waals surface area contributed by atoms with Crippen molar-refractivity contribution in [2.24, 2.45) is 0 Å². The Morgan fingerprint density at radius 1 is 1.12 bits per heavy atom. The summed E-state index contributed by atoms with van der Waals surface area (Å²) in [6.45, 7) is 5.48. The Balaban J connectivity index is 1.85. The molecule has 1 aliphatic rings. The minimum absolute atomic E-state index is 0.0396. The van der Waals surface area contributed by atoms with E-state index in [9.17, 15) is 24.8 Å². The first-order chi connectivity index (χ1) is 16.2. The Morgan fingerprint density at radius 3 is 2.29 bits per heavy atom. The number of aliphatic hydroxyl groups is 1. The average molecular weight is 481 g/mol. The summed E-state index contributed by atoms with van der Waals surface area (Å²) in [6, 6.07) is 10.9. The van der Waals surface area contributed by atoms with Crippen LogP contribution in [0.4, 0.5) is 10.8 Å². The Morgan fingerprint density at radius 2 is 1.76 bits per heavy atom. The van der Waals surface area contributed by atoms with Gasteiger partial charge in [0, 0.05) is 17.7 Å². The maximum atomic E-state index is 13.1. The SMILES string of the molecule is Cc1nnc(N2C(=O)C(=O)C(=C(O)c3ccc(OC(C)C)cc3)C2c2ccc([N+](=O)[O-])cc2)s1. The third-order valence-electron chi connectivity index (χ3n) is 5.09. The lowest BCUT2D eigenvalue weighted by Crippen LogP contribution is -2.29. The van der Waals surface area contributed by atoms with E-state index >= 15 is 0 Å². The van der Waals surface area contributed by atoms with E-state index in [1.54, 1.807) is 31.2 Å². The van der Waals surface area contributed by atoms with Crippen LogP contribution in [0.5, 0.6) is 5.75 Å². The van der Waals surface area contributed by atoms with Crippen LogP contribution < -0.4 is 9.64 Å². The number of rotatable bonds is 6. The number of ketones is 1. The molecule has 1 unspecified atom stereocenters. The molecule has 4 rings (SSSR count). The summed E-state index contributed by atoms with van der Waals surface area (Å²) in [5.74, 6) is -1.55. The van der Waals surface area contributed by atoms with Crippen molar-refractivity contribution in [3.63, 3.8) is 0 Å². The molecule has 1 aromatic heterocycles. The quantitative estimate of drug-likeness (QED) is 0.183. The fourth-order valence-corrected chi connectivity index (χ4v) is 4.34. The van der Waals surface area contributed by atoms with E-state index in [0.29, 0.717) is 21.9 Å². The average Bonchev–Trinajstić information content (AvgIpc) is 3.34. The number of carbonyl (C=O) groups excluding carboxylic acids is 2. The molecule has 11 heteroatoms. The molecular formula is C23H20N4O6S. The second-order valence-corrected chi connectivity index (χ2v) is 8.97. The van der Waals surface area contributed by atoms with Gasteiger partial charge in [-0.1, -0.05) is 11.3 Å². The summed E-state index contributed by atoms with van der Waals surface area (Å²) >= 11 is 1.12. The van der Waals surface area contributed by atoms with Crippen LogP contribution in [-0.2, 0) is 9.59 Å². The molecule has 0 radical (unpaired) electrons. The number of ether oxygens (including phenoxy) is 1. The number of amides is 1. The fourth-order valence-electron chi connectivity index (χ4n) is 3.63. The third kappa shape index (κ3) is 4.25. The predicted octanol–water partition coefficient (Wildman–Crippen LogP) is 4.17. The first kappa shape index (κ1) is 23.1. The van der Waals surface area contributed by atoms with Gasteiger partial charge in [0.05, 0.1) is 22.6 Å². The minimum Gasteiger partial charge on any atom is -0.507 e. The summed E-state index contributed by atoms with van der Waals surface area (Å²) in [7, 11) is 0. The minimum atomic E-state index is -1.04. The van der Waals surface area contributed by atoms with Crippen LogP contribution in [0.1, 0.15) is 36.0 Å². The summed E-state index contributed by atoms with van der Waals surface area (Å²) < 4.78 is 5.61. The molecule has 1 saturated heterocycles. The molecule has 1 amide bonds. The number of hydrogen-bond donors (Lipinski definition) is 1. The molecule has 10 nitrogen and oxygen atoms in total. The first-order valence-corrected chi connectivity index (χ1v) is 11.1. The Bertz CT molecular complexity index is 1300. The zero-order valence-electron chi connectivity index (χ0n) is 18.5. The molecule has 2 heterocycles. The molecule has 0 aliphatic carbocycles. The van der Waals surface area contributed by atoms with Crippen LogP contribution in [-0.4, -0.2) is 38.0 Å². The number of nitrogens with zero attached hydrogens (tertiary/aromatic N) is 4. The highest BCUT2D eigenvalue weighted by molar-refractivity contribution is 7.15. The van der Waals surface area contributed by atoms with Gasteiger partial charge in [-0.2, -0.15) is 0 Å². The monoisotopic (exact) mass is 480 g/mol. The van der Waals surface area contributed by atoms with Crippen LogP contribution >= 0.6 is 11.3 Å². The van der Waals surface area contributed by atoms with Crippen LogP contribution in [0.25, 0.3) is 5.76 Å². The molecule has 1 fully saturated rings. The van der Waals surface area contributed by atoms with Crippen molar-refractivity contribution in [3.05, 3.63) is 80.4 Å². The number of benzene rings is 2. The lowest BCUT2D eigenvalue weighted by molar-refractivity contribution is -0.384. The lowest BCUT2D eigenvalue weighted by atomic mass is 9.95. The molecule has 0 bridgehead atoms. The number of nitro benzene ring substituents is 1. The first-order valence-electron chi connectivity index (χ1n) is 10.3. The number of non-ortho nitro benzene ring substituents is 1. The van der Waals surface area contributed by atoms with E-state index < -0.39 is 22.7 Å². The smallest absolute Gasteiger partial charge is 0.301 e. The molecule has 0 saturated carbocycles. The summed E-state index contributed by atoms with van der Waals surface area (Å²) in [5.41, 5.74) is 0.422. The standard InChI is InChI=1S/C23H20N4O6S/c1-12(2)33-17-10-6-15(7-11-17)20(28)18-19(14-4-8-16(9-5-14)27(31)32)26(22(30)21(18)29)23-25-24-13(3)34-23/h4-12,19,28H,1-3H3. The van der Waals surface area contributed by atoms with Crippen LogP contribution in [0.15, 0.2) is 54.1 Å². The highest BCUT2D eigenvalue weighted by Gasteiger charge is 2.48. The maximum absolute atomic E-state index is 13.1. The number of aliphatic hydroxyl groups excluding tert-OH is 1. The van der Waals surface area contributed by atoms with Crippen LogP contribution in [0.2, 0.25) is 0 Å². The second-order valence-electron chi connectivity index (χ2n) is 7.81. The molecule has 34 heavy (non-hydrogen) atoms. The number of nitro groups is 1. The van der Waals surface area contributed by atoms with Crippen molar-refractivity contribution in [2.45, 2.75) is 32.9 Å². The molecule has 2 aromatic carbocycles. The van der Waals surface area contributed by atoms with Gasteiger partial charge in [0.15, 0.2) is 0 Å². The largest absolute Gasteiger partial charge is 0.507 e. The number of aryl methyl sites for hydroxylation is 1. The van der Waals surface area contributed by atoms with E-state index in [0.717, 1.165) is 16.2 Å². The summed E-state index contributed by atoms with van der Waals surface area (Å²) in [6.07, 6.45) is -0.0396. The van der Waals surface area contributed by atoms with Gasteiger partial charge in [-0.3, -0.25) is 24.6 Å². The van der Waals surface area contributed by atoms with Crippen molar-refractivity contribution in [1.82, 2.24) is 10.2 Å². The van der Waals surface area contributed by atoms with Gasteiger partial charge in [-0.05, 0) is 62.7 Å².